The second kappa shape index (κ2) is 11.8. The van der Waals surface area contributed by atoms with E-state index in [1.165, 1.54) is 11.3 Å². The maximum absolute atomic E-state index is 14.1. The number of methoxy groups -OCH3 is 4. The van der Waals surface area contributed by atoms with E-state index in [4.69, 9.17) is 23.9 Å². The summed E-state index contributed by atoms with van der Waals surface area (Å²) in [6, 6.07) is 10.0. The fourth-order valence-corrected chi connectivity index (χ4v) is 5.74. The number of amides is 1. The van der Waals surface area contributed by atoms with E-state index in [-0.39, 0.29) is 11.5 Å². The van der Waals surface area contributed by atoms with Crippen molar-refractivity contribution in [3.05, 3.63) is 78.5 Å². The standard InChI is InChI=1S/C29H33N3O6S/c1-8-31(9-2)28(34)25-17(3)30-29-32(26(25)21-15-19(35-4)12-13-22(21)37-6)27(33)24(39-29)14-18-10-11-20(36-5)16-23(18)38-7/h10-16,26H,8-9H2,1-7H3/b24-14+/t26-/m0/s1. The Balaban J connectivity index is 2.02. The fraction of sp³-hybridized carbons (Fsp3) is 0.345. The van der Waals surface area contributed by atoms with E-state index in [2.05, 4.69) is 0 Å². The Bertz CT molecular complexity index is 1600. The predicted octanol–water partition coefficient (Wildman–Crippen LogP) is 3.14. The Hall–Kier alpha value is -4.05. The van der Waals surface area contributed by atoms with Crippen molar-refractivity contribution < 1.29 is 23.7 Å². The molecule has 1 aliphatic rings. The first kappa shape index (κ1) is 28.0. The molecule has 1 aromatic heterocycles. The Morgan fingerprint density at radius 2 is 1.62 bits per heavy atom. The van der Waals surface area contributed by atoms with E-state index < -0.39 is 6.04 Å². The Labute approximate surface area is 231 Å². The summed E-state index contributed by atoms with van der Waals surface area (Å²) in [4.78, 5) is 34.9. The molecular formula is C29H33N3O6S. The number of nitrogens with zero attached hydrogens (tertiary/aromatic N) is 3. The fourth-order valence-electron chi connectivity index (χ4n) is 4.70. The smallest absolute Gasteiger partial charge is 0.271 e. The first-order chi connectivity index (χ1) is 18.8. The summed E-state index contributed by atoms with van der Waals surface area (Å²) < 4.78 is 24.1. The summed E-state index contributed by atoms with van der Waals surface area (Å²) in [6.45, 7) is 6.71. The van der Waals surface area contributed by atoms with Crippen LogP contribution in [0.3, 0.4) is 0 Å². The van der Waals surface area contributed by atoms with Gasteiger partial charge in [-0.15, -0.1) is 0 Å². The van der Waals surface area contributed by atoms with Crippen molar-refractivity contribution in [1.29, 1.82) is 0 Å². The zero-order valence-corrected chi connectivity index (χ0v) is 24.0. The largest absolute Gasteiger partial charge is 0.497 e. The Morgan fingerprint density at radius 1 is 0.974 bits per heavy atom. The molecule has 0 unspecified atom stereocenters. The zero-order chi connectivity index (χ0) is 28.3. The van der Waals surface area contributed by atoms with Crippen molar-refractivity contribution in [2.75, 3.05) is 41.5 Å². The lowest BCUT2D eigenvalue weighted by Gasteiger charge is -2.30. The van der Waals surface area contributed by atoms with E-state index in [1.54, 1.807) is 81.2 Å². The molecule has 39 heavy (non-hydrogen) atoms. The number of thiazole rings is 1. The Kier molecular flexibility index (Phi) is 8.44. The van der Waals surface area contributed by atoms with Gasteiger partial charge >= 0.3 is 0 Å². The number of ether oxygens (including phenoxy) is 4. The van der Waals surface area contributed by atoms with Crippen molar-refractivity contribution in [2.45, 2.75) is 26.8 Å². The summed E-state index contributed by atoms with van der Waals surface area (Å²) in [5, 5.41) is 0. The number of allylic oxidation sites excluding steroid dienone is 1. The molecule has 0 bridgehead atoms. The van der Waals surface area contributed by atoms with Gasteiger partial charge in [0.15, 0.2) is 4.80 Å². The normalized spacial score (nSPS) is 14.9. The topological polar surface area (TPSA) is 91.6 Å². The first-order valence-corrected chi connectivity index (χ1v) is 13.4. The van der Waals surface area contributed by atoms with Crippen LogP contribution in [0, 0.1) is 0 Å². The maximum Gasteiger partial charge on any atom is 0.271 e. The third kappa shape index (κ3) is 5.16. The van der Waals surface area contributed by atoms with Gasteiger partial charge in [0.05, 0.1) is 44.2 Å². The summed E-state index contributed by atoms with van der Waals surface area (Å²) in [7, 11) is 6.28. The van der Waals surface area contributed by atoms with Crippen LogP contribution in [0.1, 0.15) is 37.9 Å². The highest BCUT2D eigenvalue weighted by Gasteiger charge is 2.36. The van der Waals surface area contributed by atoms with E-state index >= 15 is 0 Å². The van der Waals surface area contributed by atoms with Gasteiger partial charge in [-0.3, -0.25) is 14.2 Å². The van der Waals surface area contributed by atoms with Gasteiger partial charge in [-0.2, -0.15) is 0 Å². The third-order valence-corrected chi connectivity index (χ3v) is 7.74. The molecule has 3 aromatic rings. The zero-order valence-electron chi connectivity index (χ0n) is 23.2. The summed E-state index contributed by atoms with van der Waals surface area (Å²) >= 11 is 1.26. The van der Waals surface area contributed by atoms with Gasteiger partial charge in [0.1, 0.15) is 29.0 Å². The van der Waals surface area contributed by atoms with Crippen LogP contribution in [0.2, 0.25) is 0 Å². The highest BCUT2D eigenvalue weighted by molar-refractivity contribution is 7.07. The van der Waals surface area contributed by atoms with Crippen LogP contribution >= 0.6 is 11.3 Å². The number of aromatic nitrogens is 1. The van der Waals surface area contributed by atoms with Crippen molar-refractivity contribution >= 4 is 23.3 Å². The highest BCUT2D eigenvalue weighted by Crippen LogP contribution is 2.38. The van der Waals surface area contributed by atoms with Crippen molar-refractivity contribution in [2.24, 2.45) is 4.99 Å². The molecule has 0 saturated carbocycles. The van der Waals surface area contributed by atoms with Crippen LogP contribution in [-0.2, 0) is 4.79 Å². The molecule has 1 aliphatic heterocycles. The molecule has 1 atom stereocenters. The van der Waals surface area contributed by atoms with Gasteiger partial charge in [0.2, 0.25) is 0 Å². The van der Waals surface area contributed by atoms with Gasteiger partial charge < -0.3 is 23.8 Å². The quantitative estimate of drug-likeness (QED) is 0.406. The van der Waals surface area contributed by atoms with Crippen LogP contribution in [0.15, 0.2) is 57.5 Å². The molecule has 0 fully saturated rings. The van der Waals surface area contributed by atoms with Crippen LogP contribution in [0.25, 0.3) is 6.08 Å². The van der Waals surface area contributed by atoms with Gasteiger partial charge in [0, 0.05) is 30.3 Å². The molecule has 0 N–H and O–H groups in total. The van der Waals surface area contributed by atoms with Gasteiger partial charge in [-0.05, 0) is 57.2 Å². The van der Waals surface area contributed by atoms with Crippen molar-refractivity contribution in [3.63, 3.8) is 0 Å². The summed E-state index contributed by atoms with van der Waals surface area (Å²) in [5.74, 6) is 2.15. The number of carbonyl (C=O) groups excluding carboxylic acids is 1. The average Bonchev–Trinajstić information content (AvgIpc) is 3.26. The molecule has 0 saturated heterocycles. The van der Waals surface area contributed by atoms with E-state index in [1.807, 2.05) is 19.9 Å². The summed E-state index contributed by atoms with van der Waals surface area (Å²) in [6.07, 6.45) is 1.77. The number of likely N-dealkylation sites (N-methyl/N-ethyl adjacent to an activating group) is 1. The van der Waals surface area contributed by atoms with E-state index in [0.717, 1.165) is 0 Å². The maximum atomic E-state index is 14.1. The predicted molar refractivity (Wildman–Crippen MR) is 151 cm³/mol. The molecule has 4 rings (SSSR count). The van der Waals surface area contributed by atoms with Crippen molar-refractivity contribution in [1.82, 2.24) is 9.47 Å². The Morgan fingerprint density at radius 3 is 2.23 bits per heavy atom. The molecule has 2 aromatic carbocycles. The second-order valence-corrected chi connectivity index (χ2v) is 9.78. The van der Waals surface area contributed by atoms with Crippen LogP contribution in [-0.4, -0.2) is 56.9 Å². The second-order valence-electron chi connectivity index (χ2n) is 8.78. The van der Waals surface area contributed by atoms with Gasteiger partial charge in [-0.25, -0.2) is 4.99 Å². The van der Waals surface area contributed by atoms with Crippen LogP contribution in [0.4, 0.5) is 0 Å². The molecule has 1 amide bonds. The number of carbonyl (C=O) groups is 1. The summed E-state index contributed by atoms with van der Waals surface area (Å²) in [5.41, 5.74) is 2.05. The molecule has 2 heterocycles. The van der Waals surface area contributed by atoms with Crippen LogP contribution in [0.5, 0.6) is 23.0 Å². The number of hydrogen-bond donors (Lipinski definition) is 0. The van der Waals surface area contributed by atoms with Crippen LogP contribution < -0.4 is 33.8 Å². The highest BCUT2D eigenvalue weighted by atomic mass is 32.1. The lowest BCUT2D eigenvalue weighted by Crippen LogP contribution is -2.43. The lowest BCUT2D eigenvalue weighted by molar-refractivity contribution is -0.127. The minimum atomic E-state index is -0.765. The SMILES string of the molecule is CCN(CC)C(=O)C1=C(C)N=c2s/c(=C/c3ccc(OC)cc3OC)c(=O)n2[C@H]1c1cc(OC)ccc1OC. The van der Waals surface area contributed by atoms with Gasteiger partial charge in [-0.1, -0.05) is 11.3 Å². The third-order valence-electron chi connectivity index (χ3n) is 6.76. The number of rotatable bonds is 9. The molecule has 0 aliphatic carbocycles. The molecule has 0 radical (unpaired) electrons. The number of fused-ring (bicyclic) bond motifs is 1. The minimum absolute atomic E-state index is 0.178. The molecule has 10 heteroatoms. The first-order valence-electron chi connectivity index (χ1n) is 12.6. The van der Waals surface area contributed by atoms with E-state index in [9.17, 15) is 9.59 Å². The lowest BCUT2D eigenvalue weighted by atomic mass is 9.93. The van der Waals surface area contributed by atoms with Crippen molar-refractivity contribution in [3.8, 4) is 23.0 Å². The number of hydrogen-bond acceptors (Lipinski definition) is 8. The van der Waals surface area contributed by atoms with Gasteiger partial charge in [0.25, 0.3) is 11.5 Å². The monoisotopic (exact) mass is 551 g/mol. The molecule has 206 valence electrons. The molecular weight excluding hydrogens is 518 g/mol. The molecule has 9 nitrogen and oxygen atoms in total. The number of benzene rings is 2. The molecule has 0 spiro atoms. The average molecular weight is 552 g/mol. The van der Waals surface area contributed by atoms with E-state index in [0.29, 0.717) is 67.8 Å². The minimum Gasteiger partial charge on any atom is -0.497 e.